The second-order valence-corrected chi connectivity index (χ2v) is 6.29. The van der Waals surface area contributed by atoms with Gasteiger partial charge in [0.1, 0.15) is 5.75 Å². The van der Waals surface area contributed by atoms with Gasteiger partial charge < -0.3 is 15.4 Å². The summed E-state index contributed by atoms with van der Waals surface area (Å²) in [5.41, 5.74) is 1.44. The van der Waals surface area contributed by atoms with Gasteiger partial charge >= 0.3 is 0 Å². The Hall–Kier alpha value is -2.24. The van der Waals surface area contributed by atoms with Crippen LogP contribution in [-0.2, 0) is 9.59 Å². The Morgan fingerprint density at radius 1 is 1.12 bits per heavy atom. The lowest BCUT2D eigenvalue weighted by atomic mass is 10.1. The van der Waals surface area contributed by atoms with Gasteiger partial charge in [0.05, 0.1) is 6.04 Å². The van der Waals surface area contributed by atoms with Crippen LogP contribution in [-0.4, -0.2) is 18.4 Å². The number of carbonyl (C=O) groups excluding carboxylic acids is 2. The van der Waals surface area contributed by atoms with Crippen LogP contribution in [0.3, 0.4) is 0 Å². The van der Waals surface area contributed by atoms with Gasteiger partial charge in [-0.3, -0.25) is 9.59 Å². The molecule has 0 aliphatic carbocycles. The highest BCUT2D eigenvalue weighted by molar-refractivity contribution is 6.35. The first-order valence-corrected chi connectivity index (χ1v) is 8.35. The Balaban J connectivity index is 1.86. The van der Waals surface area contributed by atoms with Crippen LogP contribution in [0.15, 0.2) is 42.5 Å². The van der Waals surface area contributed by atoms with Crippen molar-refractivity contribution < 1.29 is 14.3 Å². The number of halogens is 2. The third kappa shape index (κ3) is 5.96. The van der Waals surface area contributed by atoms with E-state index >= 15 is 0 Å². The fourth-order valence-electron chi connectivity index (χ4n) is 2.20. The Morgan fingerprint density at radius 3 is 2.40 bits per heavy atom. The Morgan fingerprint density at radius 2 is 1.80 bits per heavy atom. The van der Waals surface area contributed by atoms with E-state index in [2.05, 4.69) is 10.6 Å². The van der Waals surface area contributed by atoms with Crippen LogP contribution in [0.1, 0.15) is 25.5 Å². The van der Waals surface area contributed by atoms with Crippen molar-refractivity contribution in [3.63, 3.8) is 0 Å². The van der Waals surface area contributed by atoms with E-state index in [4.69, 9.17) is 27.9 Å². The zero-order valence-corrected chi connectivity index (χ0v) is 15.3. The lowest BCUT2D eigenvalue weighted by Gasteiger charge is -2.16. The summed E-state index contributed by atoms with van der Waals surface area (Å²) in [6.45, 7) is 3.13. The van der Waals surface area contributed by atoms with Crippen molar-refractivity contribution in [3.8, 4) is 5.75 Å². The average Bonchev–Trinajstić information content (AvgIpc) is 2.53. The number of anilines is 1. The quantitative estimate of drug-likeness (QED) is 0.788. The number of benzene rings is 2. The third-order valence-corrected chi connectivity index (χ3v) is 3.91. The highest BCUT2D eigenvalue weighted by Gasteiger charge is 2.13. The second-order valence-electron chi connectivity index (χ2n) is 5.45. The summed E-state index contributed by atoms with van der Waals surface area (Å²) in [5.74, 6) is 0.105. The zero-order valence-electron chi connectivity index (χ0n) is 13.8. The normalized spacial score (nSPS) is 11.5. The first-order valence-electron chi connectivity index (χ1n) is 7.60. The number of ether oxygens (including phenoxy) is 1. The summed E-state index contributed by atoms with van der Waals surface area (Å²) >= 11 is 12.0. The minimum absolute atomic E-state index is 0.130. The van der Waals surface area contributed by atoms with E-state index in [0.717, 1.165) is 5.56 Å². The molecule has 2 rings (SSSR count). The van der Waals surface area contributed by atoms with Gasteiger partial charge in [0.25, 0.3) is 5.91 Å². The Kier molecular flexibility index (Phi) is 6.67. The summed E-state index contributed by atoms with van der Waals surface area (Å²) in [6, 6.07) is 11.6. The summed E-state index contributed by atoms with van der Waals surface area (Å²) in [5, 5.41) is 6.51. The van der Waals surface area contributed by atoms with Crippen LogP contribution in [0.25, 0.3) is 0 Å². The fourth-order valence-corrected chi connectivity index (χ4v) is 2.77. The molecule has 0 aromatic heterocycles. The minimum Gasteiger partial charge on any atom is -0.484 e. The van der Waals surface area contributed by atoms with Crippen molar-refractivity contribution in [3.05, 3.63) is 58.1 Å². The highest BCUT2D eigenvalue weighted by atomic mass is 35.5. The van der Waals surface area contributed by atoms with Crippen LogP contribution < -0.4 is 15.4 Å². The first kappa shape index (κ1) is 19.1. The molecule has 1 atom stereocenters. The van der Waals surface area contributed by atoms with Crippen LogP contribution >= 0.6 is 23.2 Å². The standard InChI is InChI=1S/C18H18Cl2N2O3/c1-11(16-8-3-13(19)9-17(16)20)21-18(24)10-25-15-6-4-14(5-7-15)22-12(2)23/h3-9,11H,10H2,1-2H3,(H,21,24)(H,22,23)/t11-/m1/s1. The molecule has 0 bridgehead atoms. The van der Waals surface area contributed by atoms with Crippen molar-refractivity contribution in [2.45, 2.75) is 19.9 Å². The average molecular weight is 381 g/mol. The number of amides is 2. The van der Waals surface area contributed by atoms with E-state index in [1.807, 2.05) is 6.92 Å². The minimum atomic E-state index is -0.275. The SMILES string of the molecule is CC(=O)Nc1ccc(OCC(=O)N[C@H](C)c2ccc(Cl)cc2Cl)cc1. The molecular weight excluding hydrogens is 363 g/mol. The molecule has 25 heavy (non-hydrogen) atoms. The van der Waals surface area contributed by atoms with E-state index in [1.165, 1.54) is 6.92 Å². The van der Waals surface area contributed by atoms with E-state index in [1.54, 1.807) is 42.5 Å². The molecule has 0 unspecified atom stereocenters. The van der Waals surface area contributed by atoms with E-state index in [-0.39, 0.29) is 24.5 Å². The van der Waals surface area contributed by atoms with Gasteiger partial charge in [0.15, 0.2) is 6.61 Å². The summed E-state index contributed by atoms with van der Waals surface area (Å²) in [4.78, 5) is 23.0. The molecule has 7 heteroatoms. The Bertz CT molecular complexity index is 763. The van der Waals surface area contributed by atoms with Gasteiger partial charge in [-0.25, -0.2) is 0 Å². The predicted octanol–water partition coefficient (Wildman–Crippen LogP) is 4.21. The van der Waals surface area contributed by atoms with E-state index in [0.29, 0.717) is 21.5 Å². The van der Waals surface area contributed by atoms with Crippen LogP contribution in [0.4, 0.5) is 5.69 Å². The molecule has 0 radical (unpaired) electrons. The molecule has 0 heterocycles. The number of carbonyl (C=O) groups is 2. The van der Waals surface area contributed by atoms with E-state index < -0.39 is 0 Å². The molecule has 2 aromatic carbocycles. The van der Waals surface area contributed by atoms with Crippen molar-refractivity contribution in [1.82, 2.24) is 5.32 Å². The molecule has 2 amide bonds. The van der Waals surface area contributed by atoms with Gasteiger partial charge in [-0.2, -0.15) is 0 Å². The first-order chi connectivity index (χ1) is 11.8. The zero-order chi connectivity index (χ0) is 18.4. The van der Waals surface area contributed by atoms with Crippen molar-refractivity contribution in [1.29, 1.82) is 0 Å². The summed E-state index contributed by atoms with van der Waals surface area (Å²) in [6.07, 6.45) is 0. The molecule has 2 N–H and O–H groups in total. The van der Waals surface area contributed by atoms with Crippen molar-refractivity contribution in [2.24, 2.45) is 0 Å². The van der Waals surface area contributed by atoms with Crippen molar-refractivity contribution >= 4 is 40.7 Å². The molecule has 0 aliphatic heterocycles. The fraction of sp³-hybridized carbons (Fsp3) is 0.222. The van der Waals surface area contributed by atoms with Crippen LogP contribution in [0.2, 0.25) is 10.0 Å². The van der Waals surface area contributed by atoms with E-state index in [9.17, 15) is 9.59 Å². The highest BCUT2D eigenvalue weighted by Crippen LogP contribution is 2.26. The monoisotopic (exact) mass is 380 g/mol. The molecule has 5 nitrogen and oxygen atoms in total. The maximum Gasteiger partial charge on any atom is 0.258 e. The maximum atomic E-state index is 12.0. The second kappa shape index (κ2) is 8.74. The third-order valence-electron chi connectivity index (χ3n) is 3.35. The van der Waals surface area contributed by atoms with Crippen molar-refractivity contribution in [2.75, 3.05) is 11.9 Å². The number of rotatable bonds is 6. The lowest BCUT2D eigenvalue weighted by Crippen LogP contribution is -2.31. The number of hydrogen-bond acceptors (Lipinski definition) is 3. The molecule has 0 spiro atoms. The predicted molar refractivity (Wildman–Crippen MR) is 99.3 cm³/mol. The van der Waals surface area contributed by atoms with Gasteiger partial charge in [0.2, 0.25) is 5.91 Å². The number of nitrogens with one attached hydrogen (secondary N) is 2. The van der Waals surface area contributed by atoms with Crippen LogP contribution in [0.5, 0.6) is 5.75 Å². The van der Waals surface area contributed by atoms with Crippen LogP contribution in [0, 0.1) is 0 Å². The molecule has 0 aliphatic rings. The molecule has 0 saturated heterocycles. The molecule has 2 aromatic rings. The molecule has 0 saturated carbocycles. The Labute approximate surface area is 156 Å². The largest absolute Gasteiger partial charge is 0.484 e. The van der Waals surface area contributed by atoms with Gasteiger partial charge in [0, 0.05) is 22.7 Å². The number of hydrogen-bond donors (Lipinski definition) is 2. The summed E-state index contributed by atoms with van der Waals surface area (Å²) < 4.78 is 5.44. The smallest absolute Gasteiger partial charge is 0.258 e. The van der Waals surface area contributed by atoms with Gasteiger partial charge in [-0.15, -0.1) is 0 Å². The molecule has 0 fully saturated rings. The molecular formula is C18H18Cl2N2O3. The lowest BCUT2D eigenvalue weighted by molar-refractivity contribution is -0.123. The summed E-state index contributed by atoms with van der Waals surface area (Å²) in [7, 11) is 0. The van der Waals surface area contributed by atoms with Gasteiger partial charge in [-0.1, -0.05) is 29.3 Å². The maximum absolute atomic E-state index is 12.0. The van der Waals surface area contributed by atoms with Gasteiger partial charge in [-0.05, 0) is 48.9 Å². The topological polar surface area (TPSA) is 67.4 Å². The molecule has 132 valence electrons.